The van der Waals surface area contributed by atoms with Crippen LogP contribution in [0.1, 0.15) is 32.6 Å². The highest BCUT2D eigenvalue weighted by atomic mass is 35.5. The molecule has 3 N–H and O–H groups in total. The summed E-state index contributed by atoms with van der Waals surface area (Å²) in [5, 5.41) is 16.6. The number of hydrogen-bond acceptors (Lipinski definition) is 5. The van der Waals surface area contributed by atoms with E-state index in [-0.39, 0.29) is 12.0 Å². The predicted molar refractivity (Wildman–Crippen MR) is 77.7 cm³/mol. The van der Waals surface area contributed by atoms with Crippen LogP contribution in [-0.4, -0.2) is 34.3 Å². The highest BCUT2D eigenvalue weighted by Crippen LogP contribution is 2.27. The van der Waals surface area contributed by atoms with E-state index in [0.29, 0.717) is 23.3 Å². The van der Waals surface area contributed by atoms with E-state index in [4.69, 9.17) is 11.6 Å². The Bertz CT molecular complexity index is 416. The number of anilines is 2. The van der Waals surface area contributed by atoms with Crippen molar-refractivity contribution in [2.45, 2.75) is 38.7 Å². The minimum atomic E-state index is -0.203. The Kier molecular flexibility index (Phi) is 5.22. The van der Waals surface area contributed by atoms with E-state index >= 15 is 0 Å². The highest BCUT2D eigenvalue weighted by Gasteiger charge is 2.25. The number of halogens is 1. The molecule has 1 heterocycles. The number of hydrogen-bond donors (Lipinski definition) is 3. The van der Waals surface area contributed by atoms with Crippen molar-refractivity contribution in [3.8, 4) is 0 Å². The Morgan fingerprint density at radius 3 is 2.95 bits per heavy atom. The standard InChI is InChI=1S/C13H21ClN4O/c1-2-6-15-13-17-8-10(14)12(18-13)16-7-9-4-3-5-11(9)19/h8-9,11,19H,2-7H2,1H3,(H2,15,16,17,18). The van der Waals surface area contributed by atoms with Crippen molar-refractivity contribution in [2.24, 2.45) is 5.92 Å². The van der Waals surface area contributed by atoms with Crippen molar-refractivity contribution in [2.75, 3.05) is 23.7 Å². The van der Waals surface area contributed by atoms with Gasteiger partial charge in [-0.2, -0.15) is 4.98 Å². The van der Waals surface area contributed by atoms with E-state index < -0.39 is 0 Å². The first kappa shape index (κ1) is 14.3. The van der Waals surface area contributed by atoms with Crippen molar-refractivity contribution in [1.82, 2.24) is 9.97 Å². The zero-order valence-corrected chi connectivity index (χ0v) is 12.0. The van der Waals surface area contributed by atoms with Gasteiger partial charge in [-0.3, -0.25) is 0 Å². The third kappa shape index (κ3) is 3.94. The van der Waals surface area contributed by atoms with Crippen LogP contribution in [0, 0.1) is 5.92 Å². The maximum absolute atomic E-state index is 9.79. The lowest BCUT2D eigenvalue weighted by molar-refractivity contribution is 0.138. The normalized spacial score (nSPS) is 22.5. The summed E-state index contributed by atoms with van der Waals surface area (Å²) >= 11 is 6.07. The summed E-state index contributed by atoms with van der Waals surface area (Å²) in [6.45, 7) is 3.62. The van der Waals surface area contributed by atoms with Crippen molar-refractivity contribution >= 4 is 23.4 Å². The second-order valence-corrected chi connectivity index (χ2v) is 5.36. The summed E-state index contributed by atoms with van der Waals surface area (Å²) < 4.78 is 0. The van der Waals surface area contributed by atoms with Gasteiger partial charge in [0, 0.05) is 19.0 Å². The van der Waals surface area contributed by atoms with E-state index in [1.165, 1.54) is 0 Å². The number of nitrogens with one attached hydrogen (secondary N) is 2. The van der Waals surface area contributed by atoms with Gasteiger partial charge in [0.15, 0.2) is 0 Å². The molecule has 2 unspecified atom stereocenters. The Balaban J connectivity index is 1.94. The maximum atomic E-state index is 9.79. The average molecular weight is 285 g/mol. The molecule has 19 heavy (non-hydrogen) atoms. The van der Waals surface area contributed by atoms with Gasteiger partial charge in [0.2, 0.25) is 5.95 Å². The van der Waals surface area contributed by atoms with Gasteiger partial charge in [0.05, 0.1) is 12.3 Å². The van der Waals surface area contributed by atoms with Gasteiger partial charge in [-0.1, -0.05) is 24.9 Å². The Morgan fingerprint density at radius 1 is 1.42 bits per heavy atom. The first-order chi connectivity index (χ1) is 9.20. The molecule has 0 spiro atoms. The molecule has 0 amide bonds. The highest BCUT2D eigenvalue weighted by molar-refractivity contribution is 6.32. The molecule has 2 rings (SSSR count). The van der Waals surface area contributed by atoms with Gasteiger partial charge in [0.1, 0.15) is 10.8 Å². The fourth-order valence-corrected chi connectivity index (χ4v) is 2.45. The predicted octanol–water partition coefficient (Wildman–Crippen LogP) is 2.52. The van der Waals surface area contributed by atoms with Gasteiger partial charge < -0.3 is 15.7 Å². The quantitative estimate of drug-likeness (QED) is 0.749. The molecule has 106 valence electrons. The van der Waals surface area contributed by atoms with Gasteiger partial charge in [-0.25, -0.2) is 4.98 Å². The smallest absolute Gasteiger partial charge is 0.224 e. The third-order valence-corrected chi connectivity index (χ3v) is 3.70. The second-order valence-electron chi connectivity index (χ2n) is 4.96. The average Bonchev–Trinajstić information content (AvgIpc) is 2.82. The summed E-state index contributed by atoms with van der Waals surface area (Å²) in [6, 6.07) is 0. The molecule has 1 saturated carbocycles. The van der Waals surface area contributed by atoms with Crippen LogP contribution < -0.4 is 10.6 Å². The first-order valence-corrected chi connectivity index (χ1v) is 7.27. The number of nitrogens with zero attached hydrogens (tertiary/aromatic N) is 2. The van der Waals surface area contributed by atoms with Crippen LogP contribution in [0.15, 0.2) is 6.20 Å². The van der Waals surface area contributed by atoms with E-state index in [1.54, 1.807) is 6.20 Å². The monoisotopic (exact) mass is 284 g/mol. The number of aliphatic hydroxyl groups excluding tert-OH is 1. The minimum absolute atomic E-state index is 0.203. The summed E-state index contributed by atoms with van der Waals surface area (Å²) in [5.74, 6) is 1.51. The molecule has 5 nitrogen and oxygen atoms in total. The van der Waals surface area contributed by atoms with Crippen molar-refractivity contribution in [1.29, 1.82) is 0 Å². The molecule has 0 radical (unpaired) electrons. The topological polar surface area (TPSA) is 70.1 Å². The molecular formula is C13H21ClN4O. The molecular weight excluding hydrogens is 264 g/mol. The van der Waals surface area contributed by atoms with Crippen LogP contribution in [0.3, 0.4) is 0 Å². The van der Waals surface area contributed by atoms with Gasteiger partial charge in [-0.15, -0.1) is 0 Å². The molecule has 0 aromatic carbocycles. The summed E-state index contributed by atoms with van der Waals surface area (Å²) in [7, 11) is 0. The SMILES string of the molecule is CCCNc1ncc(Cl)c(NCC2CCCC2O)n1. The first-order valence-electron chi connectivity index (χ1n) is 6.89. The van der Waals surface area contributed by atoms with E-state index in [2.05, 4.69) is 27.5 Å². The van der Waals surface area contributed by atoms with Gasteiger partial charge in [0.25, 0.3) is 0 Å². The van der Waals surface area contributed by atoms with E-state index in [9.17, 15) is 5.11 Å². The van der Waals surface area contributed by atoms with Crippen LogP contribution in [-0.2, 0) is 0 Å². The molecule has 0 bridgehead atoms. The third-order valence-electron chi connectivity index (χ3n) is 3.43. The van der Waals surface area contributed by atoms with Gasteiger partial charge >= 0.3 is 0 Å². The zero-order valence-electron chi connectivity index (χ0n) is 11.2. The fraction of sp³-hybridized carbons (Fsp3) is 0.692. The van der Waals surface area contributed by atoms with Gasteiger partial charge in [-0.05, 0) is 19.3 Å². The van der Waals surface area contributed by atoms with Crippen LogP contribution in [0.5, 0.6) is 0 Å². The fourth-order valence-electron chi connectivity index (χ4n) is 2.30. The van der Waals surface area contributed by atoms with Crippen LogP contribution in [0.2, 0.25) is 5.02 Å². The van der Waals surface area contributed by atoms with Crippen LogP contribution in [0.4, 0.5) is 11.8 Å². The summed E-state index contributed by atoms with van der Waals surface area (Å²) in [4.78, 5) is 8.48. The minimum Gasteiger partial charge on any atom is -0.393 e. The molecule has 1 aromatic heterocycles. The summed E-state index contributed by atoms with van der Waals surface area (Å²) in [6.07, 6.45) is 5.45. The van der Waals surface area contributed by atoms with E-state index in [0.717, 1.165) is 32.2 Å². The van der Waals surface area contributed by atoms with Crippen LogP contribution >= 0.6 is 11.6 Å². The number of rotatable bonds is 6. The number of aliphatic hydroxyl groups is 1. The number of aromatic nitrogens is 2. The van der Waals surface area contributed by atoms with Crippen molar-refractivity contribution in [3.05, 3.63) is 11.2 Å². The molecule has 6 heteroatoms. The molecule has 2 atom stereocenters. The second kappa shape index (κ2) is 6.91. The molecule has 1 fully saturated rings. The zero-order chi connectivity index (χ0) is 13.7. The molecule has 1 aliphatic carbocycles. The van der Waals surface area contributed by atoms with Crippen molar-refractivity contribution < 1.29 is 5.11 Å². The largest absolute Gasteiger partial charge is 0.393 e. The maximum Gasteiger partial charge on any atom is 0.224 e. The lowest BCUT2D eigenvalue weighted by atomic mass is 10.1. The Hall–Kier alpha value is -1.07. The molecule has 0 aliphatic heterocycles. The van der Waals surface area contributed by atoms with Crippen molar-refractivity contribution in [3.63, 3.8) is 0 Å². The molecule has 1 aliphatic rings. The van der Waals surface area contributed by atoms with E-state index in [1.807, 2.05) is 0 Å². The lowest BCUT2D eigenvalue weighted by Crippen LogP contribution is -2.22. The lowest BCUT2D eigenvalue weighted by Gasteiger charge is -2.16. The molecule has 1 aromatic rings. The Labute approximate surface area is 118 Å². The Morgan fingerprint density at radius 2 is 2.26 bits per heavy atom. The van der Waals surface area contributed by atoms with Crippen LogP contribution in [0.25, 0.3) is 0 Å². The molecule has 0 saturated heterocycles. The summed E-state index contributed by atoms with van der Waals surface area (Å²) in [5.41, 5.74) is 0.